The number of aromatic amines is 2. The molecule has 0 amide bonds. The third kappa shape index (κ3) is 5.81. The van der Waals surface area contributed by atoms with Gasteiger partial charge in [0.1, 0.15) is 17.1 Å². The van der Waals surface area contributed by atoms with Crippen LogP contribution in [0.15, 0.2) is 51.9 Å². The van der Waals surface area contributed by atoms with Crippen LogP contribution in [0.4, 0.5) is 11.4 Å². The number of aromatic nitrogens is 3. The molecule has 1 fully saturated rings. The first-order valence-corrected chi connectivity index (χ1v) is 13.5. The molecule has 0 radical (unpaired) electrons. The van der Waals surface area contributed by atoms with Crippen molar-refractivity contribution in [1.82, 2.24) is 15.0 Å². The lowest BCUT2D eigenvalue weighted by Crippen LogP contribution is -2.44. The summed E-state index contributed by atoms with van der Waals surface area (Å²) in [5.41, 5.74) is 5.08. The van der Waals surface area contributed by atoms with Gasteiger partial charge in [0.2, 0.25) is 0 Å². The van der Waals surface area contributed by atoms with E-state index in [0.29, 0.717) is 41.6 Å². The summed E-state index contributed by atoms with van der Waals surface area (Å²) in [6, 6.07) is 11.3. The van der Waals surface area contributed by atoms with Crippen molar-refractivity contribution < 1.29 is 19.3 Å². The Labute approximate surface area is 234 Å². The number of methoxy groups -OCH3 is 2. The van der Waals surface area contributed by atoms with Gasteiger partial charge in [-0.15, -0.1) is 0 Å². The topological polar surface area (TPSA) is 125 Å². The molecule has 4 N–H and O–H groups in total. The van der Waals surface area contributed by atoms with Gasteiger partial charge in [-0.3, -0.25) is 4.79 Å². The molecule has 0 unspecified atom stereocenters. The van der Waals surface area contributed by atoms with Gasteiger partial charge in [-0.1, -0.05) is 6.07 Å². The zero-order valence-electron chi connectivity index (χ0n) is 22.1. The van der Waals surface area contributed by atoms with Gasteiger partial charge in [0.15, 0.2) is 0 Å². The zero-order valence-corrected chi connectivity index (χ0v) is 23.7. The highest BCUT2D eigenvalue weighted by Gasteiger charge is 2.23. The van der Waals surface area contributed by atoms with E-state index < -0.39 is 6.10 Å². The number of hydrogen-bond acceptors (Lipinski definition) is 8. The number of nitrogens with zero attached hydrogens (tertiary/aromatic N) is 2. The third-order valence-electron chi connectivity index (χ3n) is 6.86. The number of pyridine rings is 1. The Hall–Kier alpha value is -3.38. The summed E-state index contributed by atoms with van der Waals surface area (Å²) in [4.78, 5) is 26.1. The molecule has 1 aliphatic heterocycles. The van der Waals surface area contributed by atoms with E-state index in [0.717, 1.165) is 39.8 Å². The number of ether oxygens (including phenoxy) is 3. The fourth-order valence-electron chi connectivity index (χ4n) is 4.89. The number of anilines is 2. The van der Waals surface area contributed by atoms with Crippen LogP contribution in [0.3, 0.4) is 0 Å². The van der Waals surface area contributed by atoms with Crippen LogP contribution in [0.1, 0.15) is 17.2 Å². The molecule has 0 spiro atoms. The summed E-state index contributed by atoms with van der Waals surface area (Å²) in [6.07, 6.45) is 0.781. The first-order valence-electron chi connectivity index (χ1n) is 12.7. The van der Waals surface area contributed by atoms with E-state index in [2.05, 4.69) is 48.2 Å². The Bertz CT molecular complexity index is 1520. The fourth-order valence-corrected chi connectivity index (χ4v) is 5.45. The van der Waals surface area contributed by atoms with Gasteiger partial charge in [0.05, 0.1) is 53.7 Å². The van der Waals surface area contributed by atoms with E-state index in [9.17, 15) is 9.90 Å². The lowest BCUT2D eigenvalue weighted by molar-refractivity contribution is -0.0100. The number of morpholine rings is 1. The fraction of sp³-hybridized carbons (Fsp3) is 0.357. The van der Waals surface area contributed by atoms with Crippen LogP contribution in [0, 0.1) is 6.92 Å². The van der Waals surface area contributed by atoms with Gasteiger partial charge < -0.3 is 39.5 Å². The van der Waals surface area contributed by atoms with E-state index in [4.69, 9.17) is 19.2 Å². The van der Waals surface area contributed by atoms with Crippen molar-refractivity contribution in [2.75, 3.05) is 57.3 Å². The molecule has 0 saturated carbocycles. The van der Waals surface area contributed by atoms with Crippen LogP contribution in [-0.2, 0) is 9.47 Å². The summed E-state index contributed by atoms with van der Waals surface area (Å²) in [6.45, 7) is 4.90. The Morgan fingerprint density at radius 1 is 1.28 bits per heavy atom. The second-order valence-corrected chi connectivity index (χ2v) is 10.4. The molecule has 11 heteroatoms. The molecule has 0 bridgehead atoms. The maximum atomic E-state index is 13.0. The van der Waals surface area contributed by atoms with Crippen molar-refractivity contribution in [3.8, 4) is 17.1 Å². The number of benzene rings is 2. The molecule has 2 aromatic heterocycles. The number of fused-ring (bicyclic) bond motifs is 1. The predicted molar refractivity (Wildman–Crippen MR) is 155 cm³/mol. The Morgan fingerprint density at radius 3 is 2.90 bits per heavy atom. The predicted octanol–water partition coefficient (Wildman–Crippen LogP) is 3.99. The summed E-state index contributed by atoms with van der Waals surface area (Å²) < 4.78 is 17.1. The zero-order chi connectivity index (χ0) is 27.5. The lowest BCUT2D eigenvalue weighted by Gasteiger charge is -2.34. The van der Waals surface area contributed by atoms with Crippen LogP contribution in [0.5, 0.6) is 5.75 Å². The summed E-state index contributed by atoms with van der Waals surface area (Å²) in [5, 5.41) is 14.0. The highest BCUT2D eigenvalue weighted by Crippen LogP contribution is 2.31. The number of aliphatic hydroxyl groups excluding tert-OH is 1. The minimum atomic E-state index is -0.810. The highest BCUT2D eigenvalue weighted by molar-refractivity contribution is 9.10. The van der Waals surface area contributed by atoms with Gasteiger partial charge in [-0.2, -0.15) is 0 Å². The van der Waals surface area contributed by atoms with Crippen LogP contribution in [-0.4, -0.2) is 73.2 Å². The molecule has 5 rings (SSSR count). The van der Waals surface area contributed by atoms with Crippen molar-refractivity contribution in [1.29, 1.82) is 0 Å². The smallest absolute Gasteiger partial charge is 0.261 e. The third-order valence-corrected chi connectivity index (χ3v) is 7.48. The number of aliphatic hydroxyl groups is 1. The summed E-state index contributed by atoms with van der Waals surface area (Å²) in [7, 11) is 3.27. The number of aryl methyl sites for hydroxylation is 1. The van der Waals surface area contributed by atoms with E-state index >= 15 is 0 Å². The molecule has 2 aromatic carbocycles. The van der Waals surface area contributed by atoms with Crippen LogP contribution < -0.4 is 20.5 Å². The molecular formula is C28H32BrN5O5. The van der Waals surface area contributed by atoms with Crippen LogP contribution in [0.25, 0.3) is 22.4 Å². The quantitative estimate of drug-likeness (QED) is 0.228. The monoisotopic (exact) mass is 597 g/mol. The van der Waals surface area contributed by atoms with Crippen molar-refractivity contribution in [2.45, 2.75) is 19.1 Å². The first-order chi connectivity index (χ1) is 18.9. The molecule has 2 atom stereocenters. The minimum Gasteiger partial charge on any atom is -0.496 e. The van der Waals surface area contributed by atoms with Gasteiger partial charge in [0, 0.05) is 38.6 Å². The number of rotatable bonds is 9. The minimum absolute atomic E-state index is 0.0166. The van der Waals surface area contributed by atoms with Crippen LogP contribution >= 0.6 is 15.9 Å². The Balaban J connectivity index is 1.41. The standard InChI is InChI=1S/C28H32BrN5O5/c1-16-10-18(34-8-9-39-19(14-34)15-37-2)12-22-26(16)33-27(32-22)25-21(6-7-30-28(25)36)31-13-23(35)17-4-5-24(38-3)20(29)11-17/h4-7,10-12,19,23,35H,8-9,13-15H2,1-3H3,(H,32,33)(H2,30,31,36)/t19-,23-/m0/s1. The maximum absolute atomic E-state index is 13.0. The van der Waals surface area contributed by atoms with E-state index in [1.54, 1.807) is 38.6 Å². The molecule has 1 saturated heterocycles. The summed E-state index contributed by atoms with van der Waals surface area (Å²) >= 11 is 3.46. The van der Waals surface area contributed by atoms with E-state index in [-0.39, 0.29) is 18.2 Å². The number of imidazole rings is 1. The number of hydrogen-bond donors (Lipinski definition) is 4. The number of halogens is 1. The van der Waals surface area contributed by atoms with Crippen molar-refractivity contribution >= 4 is 38.3 Å². The highest BCUT2D eigenvalue weighted by atomic mass is 79.9. The number of H-pyrrole nitrogens is 2. The lowest BCUT2D eigenvalue weighted by atomic mass is 10.1. The maximum Gasteiger partial charge on any atom is 0.261 e. The van der Waals surface area contributed by atoms with Crippen molar-refractivity contribution in [3.63, 3.8) is 0 Å². The molecule has 1 aliphatic rings. The summed E-state index contributed by atoms with van der Waals surface area (Å²) in [5.74, 6) is 1.14. The molecular weight excluding hydrogens is 566 g/mol. The number of nitrogens with one attached hydrogen (secondary N) is 3. The van der Waals surface area contributed by atoms with E-state index in [1.807, 2.05) is 13.0 Å². The normalized spacial score (nSPS) is 16.4. The molecule has 4 aromatic rings. The van der Waals surface area contributed by atoms with Gasteiger partial charge >= 0.3 is 0 Å². The SMILES string of the molecule is COC[C@@H]1CN(c2cc(C)c3nc(-c4c(NC[C@H](O)c5ccc(OC)c(Br)c5)cc[nH]c4=O)[nH]c3c2)CCO1. The van der Waals surface area contributed by atoms with Gasteiger partial charge in [-0.05, 0) is 64.3 Å². The van der Waals surface area contributed by atoms with Crippen molar-refractivity contribution in [2.24, 2.45) is 0 Å². The average Bonchev–Trinajstić information content (AvgIpc) is 3.36. The van der Waals surface area contributed by atoms with Crippen LogP contribution in [0.2, 0.25) is 0 Å². The molecule has 206 valence electrons. The Morgan fingerprint density at radius 2 is 2.13 bits per heavy atom. The second kappa shape index (κ2) is 11.8. The van der Waals surface area contributed by atoms with Gasteiger partial charge in [-0.25, -0.2) is 4.98 Å². The first kappa shape index (κ1) is 27.2. The van der Waals surface area contributed by atoms with Gasteiger partial charge in [0.25, 0.3) is 5.56 Å². The molecule has 0 aliphatic carbocycles. The Kier molecular flexibility index (Phi) is 8.22. The molecule has 39 heavy (non-hydrogen) atoms. The average molecular weight is 598 g/mol. The van der Waals surface area contributed by atoms with Crippen molar-refractivity contribution in [3.05, 3.63) is 68.5 Å². The second-order valence-electron chi connectivity index (χ2n) is 9.52. The largest absolute Gasteiger partial charge is 0.496 e. The molecule has 10 nitrogen and oxygen atoms in total. The molecule has 3 heterocycles. The van der Waals surface area contributed by atoms with E-state index in [1.165, 1.54) is 0 Å².